The van der Waals surface area contributed by atoms with Gasteiger partial charge >= 0.3 is 0 Å². The summed E-state index contributed by atoms with van der Waals surface area (Å²) < 4.78 is 13.3. The molecule has 0 aliphatic heterocycles. The second kappa shape index (κ2) is 8.44. The van der Waals surface area contributed by atoms with E-state index in [9.17, 15) is 9.18 Å². The minimum Gasteiger partial charge on any atom is -0.392 e. The van der Waals surface area contributed by atoms with E-state index >= 15 is 0 Å². The molecular formula is C19H22FNO2. The molecule has 122 valence electrons. The second-order valence-corrected chi connectivity index (χ2v) is 5.53. The predicted molar refractivity (Wildman–Crippen MR) is 88.3 cm³/mol. The van der Waals surface area contributed by atoms with Gasteiger partial charge in [0, 0.05) is 18.5 Å². The van der Waals surface area contributed by atoms with Crippen LogP contribution < -0.4 is 5.32 Å². The van der Waals surface area contributed by atoms with Crippen LogP contribution in [0.4, 0.5) is 4.39 Å². The minimum atomic E-state index is -0.432. The molecule has 0 fully saturated rings. The molecule has 0 spiro atoms. The molecule has 0 radical (unpaired) electrons. The van der Waals surface area contributed by atoms with Gasteiger partial charge in [0.15, 0.2) is 0 Å². The zero-order valence-corrected chi connectivity index (χ0v) is 13.3. The summed E-state index contributed by atoms with van der Waals surface area (Å²) in [5.74, 6) is -0.474. The monoisotopic (exact) mass is 315 g/mol. The highest BCUT2D eigenvalue weighted by molar-refractivity contribution is 5.76. The van der Waals surface area contributed by atoms with Gasteiger partial charge in [0.2, 0.25) is 5.91 Å². The van der Waals surface area contributed by atoms with Crippen molar-refractivity contribution in [1.29, 1.82) is 0 Å². The number of carbonyl (C=O) groups is 1. The van der Waals surface area contributed by atoms with Gasteiger partial charge in [-0.2, -0.15) is 0 Å². The smallest absolute Gasteiger partial charge is 0.220 e. The molecule has 0 aromatic heterocycles. The van der Waals surface area contributed by atoms with Gasteiger partial charge in [-0.15, -0.1) is 0 Å². The van der Waals surface area contributed by atoms with Crippen LogP contribution in [-0.4, -0.2) is 11.0 Å². The minimum absolute atomic E-state index is 0.0422. The van der Waals surface area contributed by atoms with Gasteiger partial charge in [-0.05, 0) is 41.7 Å². The first-order valence-electron chi connectivity index (χ1n) is 7.85. The number of aliphatic hydroxyl groups is 1. The Morgan fingerprint density at radius 3 is 2.39 bits per heavy atom. The summed E-state index contributed by atoms with van der Waals surface area (Å²) in [5, 5.41) is 11.9. The van der Waals surface area contributed by atoms with E-state index in [-0.39, 0.29) is 18.1 Å². The average Bonchev–Trinajstić information content (AvgIpc) is 2.59. The molecule has 2 rings (SSSR count). The molecule has 0 bridgehead atoms. The summed E-state index contributed by atoms with van der Waals surface area (Å²) in [4.78, 5) is 11.9. The van der Waals surface area contributed by atoms with Crippen molar-refractivity contribution in [3.05, 3.63) is 70.5 Å². The topological polar surface area (TPSA) is 49.3 Å². The molecule has 2 N–H and O–H groups in total. The van der Waals surface area contributed by atoms with Gasteiger partial charge in [0.05, 0.1) is 6.61 Å². The highest BCUT2D eigenvalue weighted by atomic mass is 19.1. The zero-order chi connectivity index (χ0) is 16.7. The molecular weight excluding hydrogens is 293 g/mol. The summed E-state index contributed by atoms with van der Waals surface area (Å²) in [7, 11) is 0. The zero-order valence-electron chi connectivity index (χ0n) is 13.3. The van der Waals surface area contributed by atoms with Crippen molar-refractivity contribution in [1.82, 2.24) is 5.32 Å². The normalized spacial score (nSPS) is 10.6. The summed E-state index contributed by atoms with van der Waals surface area (Å²) in [5.41, 5.74) is 3.44. The molecule has 2 aromatic carbocycles. The lowest BCUT2D eigenvalue weighted by Gasteiger charge is -2.08. The number of rotatable bonds is 7. The van der Waals surface area contributed by atoms with Crippen molar-refractivity contribution in [2.75, 3.05) is 0 Å². The number of halogens is 1. The van der Waals surface area contributed by atoms with Crippen molar-refractivity contribution in [2.24, 2.45) is 0 Å². The number of hydrogen-bond donors (Lipinski definition) is 2. The van der Waals surface area contributed by atoms with Crippen LogP contribution in [0.1, 0.15) is 35.6 Å². The van der Waals surface area contributed by atoms with Gasteiger partial charge < -0.3 is 10.4 Å². The van der Waals surface area contributed by atoms with Crippen molar-refractivity contribution in [3.8, 4) is 0 Å². The maximum atomic E-state index is 13.3. The van der Waals surface area contributed by atoms with Crippen LogP contribution in [0.5, 0.6) is 0 Å². The molecule has 0 aliphatic rings. The fraction of sp³-hybridized carbons (Fsp3) is 0.316. The van der Waals surface area contributed by atoms with E-state index in [0.717, 1.165) is 17.5 Å². The maximum absolute atomic E-state index is 13.3. The van der Waals surface area contributed by atoms with Gasteiger partial charge in [-0.3, -0.25) is 4.79 Å². The van der Waals surface area contributed by atoms with Crippen LogP contribution in [0.15, 0.2) is 42.5 Å². The van der Waals surface area contributed by atoms with Gasteiger partial charge in [-0.25, -0.2) is 4.39 Å². The number of benzene rings is 2. The SMILES string of the molecule is CCc1ccc(CCC(=O)NCc2ccc(F)c(CO)c2)cc1. The van der Waals surface area contributed by atoms with Gasteiger partial charge in [0.25, 0.3) is 0 Å². The summed E-state index contributed by atoms with van der Waals surface area (Å²) in [6.07, 6.45) is 2.12. The number of aliphatic hydroxyl groups excluding tert-OH is 1. The second-order valence-electron chi connectivity index (χ2n) is 5.53. The fourth-order valence-electron chi connectivity index (χ4n) is 2.35. The molecule has 0 unspecified atom stereocenters. The molecule has 4 heteroatoms. The third-order valence-corrected chi connectivity index (χ3v) is 3.84. The molecule has 0 aliphatic carbocycles. The Kier molecular flexibility index (Phi) is 6.29. The lowest BCUT2D eigenvalue weighted by Crippen LogP contribution is -2.23. The summed E-state index contributed by atoms with van der Waals surface area (Å²) >= 11 is 0. The molecule has 3 nitrogen and oxygen atoms in total. The molecule has 2 aromatic rings. The van der Waals surface area contributed by atoms with E-state index in [0.29, 0.717) is 19.4 Å². The quantitative estimate of drug-likeness (QED) is 0.825. The molecule has 0 saturated carbocycles. The lowest BCUT2D eigenvalue weighted by atomic mass is 10.1. The molecule has 0 heterocycles. The Bertz CT molecular complexity index is 653. The van der Waals surface area contributed by atoms with Crippen LogP contribution in [0, 0.1) is 5.82 Å². The number of carbonyl (C=O) groups excluding carboxylic acids is 1. The first-order valence-corrected chi connectivity index (χ1v) is 7.85. The Hall–Kier alpha value is -2.20. The van der Waals surface area contributed by atoms with Crippen molar-refractivity contribution >= 4 is 5.91 Å². The first kappa shape index (κ1) is 17.2. The molecule has 23 heavy (non-hydrogen) atoms. The van der Waals surface area contributed by atoms with Gasteiger partial charge in [0.1, 0.15) is 5.82 Å². The largest absolute Gasteiger partial charge is 0.392 e. The Labute approximate surface area is 136 Å². The molecule has 0 atom stereocenters. The van der Waals surface area contributed by atoms with Crippen LogP contribution in [0.3, 0.4) is 0 Å². The Morgan fingerprint density at radius 2 is 1.74 bits per heavy atom. The Balaban J connectivity index is 1.80. The van der Waals surface area contributed by atoms with E-state index in [4.69, 9.17) is 5.11 Å². The Morgan fingerprint density at radius 1 is 1.09 bits per heavy atom. The van der Waals surface area contributed by atoms with E-state index in [1.165, 1.54) is 11.6 Å². The molecule has 1 amide bonds. The third kappa shape index (κ3) is 5.18. The lowest BCUT2D eigenvalue weighted by molar-refractivity contribution is -0.121. The summed E-state index contributed by atoms with van der Waals surface area (Å²) in [6, 6.07) is 12.8. The van der Waals surface area contributed by atoms with E-state index in [2.05, 4.69) is 36.5 Å². The van der Waals surface area contributed by atoms with Crippen LogP contribution in [0.25, 0.3) is 0 Å². The average molecular weight is 315 g/mol. The van der Waals surface area contributed by atoms with E-state index in [1.54, 1.807) is 12.1 Å². The maximum Gasteiger partial charge on any atom is 0.220 e. The highest BCUT2D eigenvalue weighted by Gasteiger charge is 2.05. The number of hydrogen-bond acceptors (Lipinski definition) is 2. The first-order chi connectivity index (χ1) is 11.1. The fourth-order valence-corrected chi connectivity index (χ4v) is 2.35. The highest BCUT2D eigenvalue weighted by Crippen LogP contribution is 2.11. The third-order valence-electron chi connectivity index (χ3n) is 3.84. The number of nitrogens with one attached hydrogen (secondary N) is 1. The number of amides is 1. The molecule has 0 saturated heterocycles. The van der Waals surface area contributed by atoms with Gasteiger partial charge in [-0.1, -0.05) is 37.3 Å². The van der Waals surface area contributed by atoms with E-state index < -0.39 is 5.82 Å². The van der Waals surface area contributed by atoms with Crippen LogP contribution in [-0.2, 0) is 30.8 Å². The predicted octanol–water partition coefficient (Wildman–Crippen LogP) is 3.13. The number of aryl methyl sites for hydroxylation is 2. The van der Waals surface area contributed by atoms with Crippen molar-refractivity contribution in [2.45, 2.75) is 39.3 Å². The standard InChI is InChI=1S/C19H22FNO2/c1-2-14-3-5-15(6-4-14)8-10-19(23)21-12-16-7-9-18(20)17(11-16)13-22/h3-7,9,11,22H,2,8,10,12-13H2,1H3,(H,21,23). The van der Waals surface area contributed by atoms with E-state index in [1.807, 2.05) is 0 Å². The van der Waals surface area contributed by atoms with Crippen LogP contribution >= 0.6 is 0 Å². The summed E-state index contributed by atoms with van der Waals surface area (Å²) in [6.45, 7) is 2.10. The van der Waals surface area contributed by atoms with Crippen molar-refractivity contribution in [3.63, 3.8) is 0 Å². The van der Waals surface area contributed by atoms with Crippen LogP contribution in [0.2, 0.25) is 0 Å². The van der Waals surface area contributed by atoms with Crippen molar-refractivity contribution < 1.29 is 14.3 Å².